The minimum Gasteiger partial charge on any atom is -0.426 e. The van der Waals surface area contributed by atoms with Crippen LogP contribution in [0.25, 0.3) is 5.70 Å². The van der Waals surface area contributed by atoms with Gasteiger partial charge in [0.2, 0.25) is 5.91 Å². The van der Waals surface area contributed by atoms with Gasteiger partial charge in [0, 0.05) is 17.8 Å². The van der Waals surface area contributed by atoms with Gasteiger partial charge >= 0.3 is 7.12 Å². The zero-order chi connectivity index (χ0) is 26.7. The molecule has 194 valence electrons. The minimum absolute atomic E-state index is 0.0782. The molecule has 0 saturated carbocycles. The van der Waals surface area contributed by atoms with E-state index in [1.54, 1.807) is 12.1 Å². The lowest BCUT2D eigenvalue weighted by Crippen LogP contribution is -2.56. The van der Waals surface area contributed by atoms with Gasteiger partial charge in [0.1, 0.15) is 6.04 Å². The lowest BCUT2D eigenvalue weighted by molar-refractivity contribution is -0.123. The van der Waals surface area contributed by atoms with Gasteiger partial charge in [-0.1, -0.05) is 75.7 Å². The fourth-order valence-corrected chi connectivity index (χ4v) is 3.78. The second kappa shape index (κ2) is 14.5. The summed E-state index contributed by atoms with van der Waals surface area (Å²) in [6.45, 7) is 12.1. The summed E-state index contributed by atoms with van der Waals surface area (Å²) >= 11 is 0. The van der Waals surface area contributed by atoms with Crippen LogP contribution in [0.2, 0.25) is 0 Å². The van der Waals surface area contributed by atoms with Crippen molar-refractivity contribution in [3.63, 3.8) is 0 Å². The van der Waals surface area contributed by atoms with Crippen LogP contribution in [-0.4, -0.2) is 47.5 Å². The highest BCUT2D eigenvalue weighted by molar-refractivity contribution is 6.43. The summed E-state index contributed by atoms with van der Waals surface area (Å²) in [4.78, 5) is 26.1. The number of amides is 2. The summed E-state index contributed by atoms with van der Waals surface area (Å²) in [5.74, 6) is -1.61. The van der Waals surface area contributed by atoms with Crippen molar-refractivity contribution in [3.05, 3.63) is 77.4 Å². The van der Waals surface area contributed by atoms with Gasteiger partial charge in [0.15, 0.2) is 0 Å². The van der Waals surface area contributed by atoms with E-state index in [2.05, 4.69) is 29.5 Å². The van der Waals surface area contributed by atoms with Crippen LogP contribution in [0, 0.1) is 12.8 Å². The largest absolute Gasteiger partial charge is 0.475 e. The number of nitrogens with one attached hydrogen (secondary N) is 3. The average Bonchev–Trinajstić information content (AvgIpc) is 2.84. The molecule has 0 heterocycles. The molecular weight excluding hydrogens is 453 g/mol. The highest BCUT2D eigenvalue weighted by Crippen LogP contribution is 2.12. The first-order chi connectivity index (χ1) is 17.1. The predicted molar refractivity (Wildman–Crippen MR) is 146 cm³/mol. The van der Waals surface area contributed by atoms with E-state index >= 15 is 0 Å². The Kier molecular flexibility index (Phi) is 11.7. The lowest BCUT2D eigenvalue weighted by atomic mass is 9.75. The second-order valence-electron chi connectivity index (χ2n) is 9.71. The van der Waals surface area contributed by atoms with Crippen molar-refractivity contribution in [2.45, 2.75) is 65.4 Å². The summed E-state index contributed by atoms with van der Waals surface area (Å²) < 4.78 is 0. The molecule has 0 saturated heterocycles. The van der Waals surface area contributed by atoms with Crippen LogP contribution in [-0.2, 0) is 11.2 Å². The zero-order valence-electron chi connectivity index (χ0n) is 21.9. The molecule has 0 aromatic heterocycles. The molecule has 2 rings (SSSR count). The molecule has 0 fully saturated rings. The van der Waals surface area contributed by atoms with Gasteiger partial charge in [-0.2, -0.15) is 0 Å². The summed E-state index contributed by atoms with van der Waals surface area (Å²) in [6, 6.07) is 14.2. The van der Waals surface area contributed by atoms with E-state index in [9.17, 15) is 19.6 Å². The summed E-state index contributed by atoms with van der Waals surface area (Å²) in [5.41, 5.74) is 4.22. The van der Waals surface area contributed by atoms with Crippen molar-refractivity contribution in [2.75, 3.05) is 6.54 Å². The van der Waals surface area contributed by atoms with E-state index in [0.29, 0.717) is 17.7 Å². The predicted octanol–water partition coefficient (Wildman–Crippen LogP) is 3.24. The van der Waals surface area contributed by atoms with Crippen molar-refractivity contribution in [1.29, 1.82) is 0 Å². The second-order valence-corrected chi connectivity index (χ2v) is 9.71. The summed E-state index contributed by atoms with van der Waals surface area (Å²) in [7, 11) is -1.71. The van der Waals surface area contributed by atoms with Crippen LogP contribution in [0.15, 0.2) is 55.1 Å². The molecule has 7 nitrogen and oxygen atoms in total. The van der Waals surface area contributed by atoms with E-state index in [0.717, 1.165) is 36.0 Å². The Balaban J connectivity index is 2.15. The lowest BCUT2D eigenvalue weighted by Gasteiger charge is -2.25. The molecule has 2 aromatic carbocycles. The maximum Gasteiger partial charge on any atom is 0.475 e. The third-order valence-corrected chi connectivity index (χ3v) is 5.99. The Morgan fingerprint density at radius 1 is 0.972 bits per heavy atom. The number of benzene rings is 2. The first-order valence-corrected chi connectivity index (χ1v) is 12.7. The third-order valence-electron chi connectivity index (χ3n) is 5.99. The molecule has 0 radical (unpaired) electrons. The Bertz CT molecular complexity index is 991. The normalized spacial score (nSPS) is 12.5. The van der Waals surface area contributed by atoms with Gasteiger partial charge in [-0.15, -0.1) is 0 Å². The number of unbranched alkanes of at least 4 members (excludes halogenated alkanes) is 1. The number of carbonyl (C=O) groups excluding carboxylic acids is 2. The van der Waals surface area contributed by atoms with Gasteiger partial charge in [-0.3, -0.25) is 9.59 Å². The molecule has 0 spiro atoms. The molecule has 36 heavy (non-hydrogen) atoms. The van der Waals surface area contributed by atoms with E-state index in [1.807, 2.05) is 57.2 Å². The Morgan fingerprint density at radius 2 is 1.58 bits per heavy atom. The van der Waals surface area contributed by atoms with Crippen LogP contribution < -0.4 is 16.0 Å². The first-order valence-electron chi connectivity index (χ1n) is 12.7. The van der Waals surface area contributed by atoms with Crippen molar-refractivity contribution in [3.8, 4) is 0 Å². The van der Waals surface area contributed by atoms with Crippen LogP contribution in [0.4, 0.5) is 0 Å². The fourth-order valence-electron chi connectivity index (χ4n) is 3.78. The van der Waals surface area contributed by atoms with Gasteiger partial charge < -0.3 is 26.0 Å². The third kappa shape index (κ3) is 9.51. The topological polar surface area (TPSA) is 111 Å². The molecule has 2 aromatic rings. The highest BCUT2D eigenvalue weighted by Gasteiger charge is 2.30. The number of carbonyl (C=O) groups is 2. The number of hydrogen-bond donors (Lipinski definition) is 5. The molecule has 0 aliphatic carbocycles. The van der Waals surface area contributed by atoms with Crippen LogP contribution >= 0.6 is 0 Å². The van der Waals surface area contributed by atoms with Crippen LogP contribution in [0.5, 0.6) is 0 Å². The molecule has 8 heteroatoms. The summed E-state index contributed by atoms with van der Waals surface area (Å²) in [6.07, 6.45) is 3.51. The Labute approximate surface area is 215 Å². The van der Waals surface area contributed by atoms with E-state index < -0.39 is 25.0 Å². The molecule has 0 unspecified atom stereocenters. The molecule has 2 amide bonds. The molecule has 0 aliphatic rings. The molecule has 0 aliphatic heterocycles. The Hall–Kier alpha value is -3.10. The quantitative estimate of drug-likeness (QED) is 0.260. The highest BCUT2D eigenvalue weighted by atomic mass is 16.4. The summed E-state index contributed by atoms with van der Waals surface area (Å²) in [5, 5.41) is 28.1. The van der Waals surface area contributed by atoms with Gasteiger partial charge in [0.25, 0.3) is 5.91 Å². The SMILES string of the molecule is C=C(NC[C@H](NC(=O)c1ccc(CCCC)cc1)C(=O)N[C@@H](CC(C)C)B(O)O)c1ccc(C)cc1. The van der Waals surface area contributed by atoms with Crippen molar-refractivity contribution < 1.29 is 19.6 Å². The number of rotatable bonds is 14. The fraction of sp³-hybridized carbons (Fsp3) is 0.429. The van der Waals surface area contributed by atoms with E-state index in [1.165, 1.54) is 0 Å². The van der Waals surface area contributed by atoms with Crippen LogP contribution in [0.3, 0.4) is 0 Å². The molecule has 5 N–H and O–H groups in total. The monoisotopic (exact) mass is 493 g/mol. The van der Waals surface area contributed by atoms with E-state index in [4.69, 9.17) is 0 Å². The molecular formula is C28H40BN3O4. The smallest absolute Gasteiger partial charge is 0.426 e. The molecule has 0 bridgehead atoms. The number of hydrogen-bond acceptors (Lipinski definition) is 5. The van der Waals surface area contributed by atoms with Gasteiger partial charge in [0.05, 0.1) is 5.94 Å². The zero-order valence-corrected chi connectivity index (χ0v) is 21.9. The van der Waals surface area contributed by atoms with Crippen molar-refractivity contribution in [1.82, 2.24) is 16.0 Å². The maximum atomic E-state index is 13.2. The van der Waals surface area contributed by atoms with Crippen LogP contribution in [0.1, 0.15) is 67.1 Å². The van der Waals surface area contributed by atoms with Crippen molar-refractivity contribution in [2.24, 2.45) is 5.92 Å². The average molecular weight is 493 g/mol. The van der Waals surface area contributed by atoms with Gasteiger partial charge in [-0.05, 0) is 55.4 Å². The molecule has 2 atom stereocenters. The van der Waals surface area contributed by atoms with E-state index in [-0.39, 0.29) is 18.4 Å². The Morgan fingerprint density at radius 3 is 2.14 bits per heavy atom. The standard InChI is InChI=1S/C28H40BN3O4/c1-6-7-8-22-11-15-24(16-12-22)27(33)31-25(28(34)32-26(29(35)36)17-19(2)3)18-30-21(5)23-13-9-20(4)10-14-23/h9-16,19,25-26,30,35-36H,5-8,17-18H2,1-4H3,(H,31,33)(H,32,34)/t25-,26-/m0/s1. The first kappa shape index (κ1) is 29.1. The van der Waals surface area contributed by atoms with Crippen molar-refractivity contribution >= 4 is 24.6 Å². The number of aryl methyl sites for hydroxylation is 2. The maximum absolute atomic E-state index is 13.2. The minimum atomic E-state index is -1.71. The van der Waals surface area contributed by atoms with Gasteiger partial charge in [-0.25, -0.2) is 0 Å².